The normalized spacial score (nSPS) is 13.2. The number of nitrogens with zero attached hydrogens (tertiary/aromatic N) is 2. The van der Waals surface area contributed by atoms with Gasteiger partial charge >= 0.3 is 0 Å². The predicted octanol–water partition coefficient (Wildman–Crippen LogP) is 0.956. The minimum atomic E-state index is 0.415. The van der Waals surface area contributed by atoms with Gasteiger partial charge in [-0.2, -0.15) is 5.10 Å². The second-order valence-electron chi connectivity index (χ2n) is 3.11. The van der Waals surface area contributed by atoms with Crippen LogP contribution in [-0.4, -0.2) is 21.7 Å². The van der Waals surface area contributed by atoms with E-state index in [2.05, 4.69) is 22.1 Å². The quantitative estimate of drug-likeness (QED) is 0.703. The number of hydrogen-bond donors (Lipinski definition) is 2. The van der Waals surface area contributed by atoms with Crippen LogP contribution in [0.15, 0.2) is 0 Å². The number of H-pyrrole nitrogens is 1. The second-order valence-corrected chi connectivity index (χ2v) is 3.11. The Hall–Kier alpha value is -0.900. The van der Waals surface area contributed by atoms with Gasteiger partial charge < -0.3 is 5.73 Å². The van der Waals surface area contributed by atoms with Crippen LogP contribution in [0.1, 0.15) is 37.3 Å². The number of rotatable bonds is 4. The number of aromatic nitrogens is 3. The first kappa shape index (κ1) is 9.19. The highest BCUT2D eigenvalue weighted by molar-refractivity contribution is 4.94. The highest BCUT2D eigenvalue weighted by Crippen LogP contribution is 2.15. The van der Waals surface area contributed by atoms with Crippen molar-refractivity contribution in [3.63, 3.8) is 0 Å². The zero-order valence-electron chi connectivity index (χ0n) is 7.67. The summed E-state index contributed by atoms with van der Waals surface area (Å²) < 4.78 is 0. The fourth-order valence-corrected chi connectivity index (χ4v) is 1.13. The molecule has 1 aromatic heterocycles. The molecule has 1 rings (SSSR count). The van der Waals surface area contributed by atoms with Gasteiger partial charge in [-0.15, -0.1) is 0 Å². The van der Waals surface area contributed by atoms with Crippen molar-refractivity contribution in [1.82, 2.24) is 15.2 Å². The number of hydrogen-bond acceptors (Lipinski definition) is 3. The van der Waals surface area contributed by atoms with Gasteiger partial charge in [-0.1, -0.05) is 6.92 Å². The highest BCUT2D eigenvalue weighted by atomic mass is 15.2. The molecule has 1 unspecified atom stereocenters. The van der Waals surface area contributed by atoms with E-state index >= 15 is 0 Å². The summed E-state index contributed by atoms with van der Waals surface area (Å²) in [6.07, 6.45) is 2.10. The van der Waals surface area contributed by atoms with Crippen LogP contribution in [-0.2, 0) is 0 Å². The van der Waals surface area contributed by atoms with Gasteiger partial charge in [0.05, 0.1) is 0 Å². The third kappa shape index (κ3) is 2.30. The average Bonchev–Trinajstić information content (AvgIpc) is 2.47. The fraction of sp³-hybridized carbons (Fsp3) is 0.750. The summed E-state index contributed by atoms with van der Waals surface area (Å²) in [5, 5.41) is 6.93. The molecule has 3 N–H and O–H groups in total. The molecular weight excluding hydrogens is 152 g/mol. The lowest BCUT2D eigenvalue weighted by Gasteiger charge is -2.04. The first-order valence-electron chi connectivity index (χ1n) is 4.33. The Morgan fingerprint density at radius 3 is 2.83 bits per heavy atom. The molecule has 0 aliphatic heterocycles. The molecule has 12 heavy (non-hydrogen) atoms. The van der Waals surface area contributed by atoms with Gasteiger partial charge in [-0.3, -0.25) is 5.10 Å². The SMILES string of the molecule is Cc1nc(C(C)CCCN)n[nH]1. The Kier molecular flexibility index (Phi) is 3.22. The maximum absolute atomic E-state index is 5.41. The predicted molar refractivity (Wildman–Crippen MR) is 47.8 cm³/mol. The first-order valence-corrected chi connectivity index (χ1v) is 4.33. The largest absolute Gasteiger partial charge is 0.330 e. The van der Waals surface area contributed by atoms with E-state index in [1.807, 2.05) is 6.92 Å². The lowest BCUT2D eigenvalue weighted by molar-refractivity contribution is 0.611. The summed E-state index contributed by atoms with van der Waals surface area (Å²) >= 11 is 0. The minimum absolute atomic E-state index is 0.415. The molecule has 0 radical (unpaired) electrons. The third-order valence-electron chi connectivity index (χ3n) is 1.90. The van der Waals surface area contributed by atoms with Crippen LogP contribution in [0.2, 0.25) is 0 Å². The smallest absolute Gasteiger partial charge is 0.153 e. The molecule has 0 spiro atoms. The van der Waals surface area contributed by atoms with Crippen molar-refractivity contribution in [2.24, 2.45) is 5.73 Å². The third-order valence-corrected chi connectivity index (χ3v) is 1.90. The van der Waals surface area contributed by atoms with Crippen LogP contribution >= 0.6 is 0 Å². The topological polar surface area (TPSA) is 67.6 Å². The van der Waals surface area contributed by atoms with Gasteiger partial charge in [0.15, 0.2) is 5.82 Å². The lowest BCUT2D eigenvalue weighted by atomic mass is 10.1. The lowest BCUT2D eigenvalue weighted by Crippen LogP contribution is -2.03. The molecule has 0 aliphatic carbocycles. The molecule has 4 nitrogen and oxygen atoms in total. The Balaban J connectivity index is 2.47. The van der Waals surface area contributed by atoms with Crippen LogP contribution in [0, 0.1) is 6.92 Å². The molecule has 0 saturated heterocycles. The van der Waals surface area contributed by atoms with Gasteiger partial charge in [0.1, 0.15) is 5.82 Å². The maximum atomic E-state index is 5.41. The van der Waals surface area contributed by atoms with E-state index in [1.165, 1.54) is 0 Å². The Morgan fingerprint density at radius 2 is 2.33 bits per heavy atom. The monoisotopic (exact) mass is 168 g/mol. The Labute approximate surface area is 72.6 Å². The van der Waals surface area contributed by atoms with E-state index in [9.17, 15) is 0 Å². The molecule has 0 bridgehead atoms. The van der Waals surface area contributed by atoms with Gasteiger partial charge in [-0.25, -0.2) is 4.98 Å². The first-order chi connectivity index (χ1) is 5.74. The van der Waals surface area contributed by atoms with Crippen molar-refractivity contribution >= 4 is 0 Å². The summed E-state index contributed by atoms with van der Waals surface area (Å²) in [5.74, 6) is 2.20. The standard InChI is InChI=1S/C8H16N4/c1-6(4-3-5-9)8-10-7(2)11-12-8/h6H,3-5,9H2,1-2H3,(H,10,11,12). The van der Waals surface area contributed by atoms with E-state index in [1.54, 1.807) is 0 Å². The van der Waals surface area contributed by atoms with Gasteiger partial charge in [-0.05, 0) is 26.3 Å². The minimum Gasteiger partial charge on any atom is -0.330 e. The van der Waals surface area contributed by atoms with E-state index in [-0.39, 0.29) is 0 Å². The van der Waals surface area contributed by atoms with Crippen molar-refractivity contribution in [2.45, 2.75) is 32.6 Å². The number of aromatic amines is 1. The molecule has 1 atom stereocenters. The van der Waals surface area contributed by atoms with Crippen LogP contribution < -0.4 is 5.73 Å². The zero-order chi connectivity index (χ0) is 8.97. The number of nitrogens with two attached hydrogens (primary N) is 1. The summed E-state index contributed by atoms with van der Waals surface area (Å²) in [5.41, 5.74) is 5.41. The van der Waals surface area contributed by atoms with E-state index in [0.717, 1.165) is 31.0 Å². The molecule has 4 heteroatoms. The molecule has 0 aliphatic rings. The molecular formula is C8H16N4. The fourth-order valence-electron chi connectivity index (χ4n) is 1.13. The highest BCUT2D eigenvalue weighted by Gasteiger charge is 2.09. The van der Waals surface area contributed by atoms with Crippen molar-refractivity contribution in [2.75, 3.05) is 6.54 Å². The van der Waals surface area contributed by atoms with Crippen LogP contribution in [0.3, 0.4) is 0 Å². The molecule has 0 saturated carbocycles. The summed E-state index contributed by atoms with van der Waals surface area (Å²) in [4.78, 5) is 4.26. The van der Waals surface area contributed by atoms with E-state index in [0.29, 0.717) is 5.92 Å². The van der Waals surface area contributed by atoms with Crippen LogP contribution in [0.5, 0.6) is 0 Å². The van der Waals surface area contributed by atoms with Crippen molar-refractivity contribution in [3.8, 4) is 0 Å². The van der Waals surface area contributed by atoms with Crippen molar-refractivity contribution in [3.05, 3.63) is 11.6 Å². The molecule has 1 heterocycles. The number of nitrogens with one attached hydrogen (secondary N) is 1. The van der Waals surface area contributed by atoms with E-state index in [4.69, 9.17) is 5.73 Å². The van der Waals surface area contributed by atoms with Crippen molar-refractivity contribution < 1.29 is 0 Å². The summed E-state index contributed by atoms with van der Waals surface area (Å²) in [6.45, 7) is 4.78. The molecule has 0 fully saturated rings. The van der Waals surface area contributed by atoms with Gasteiger partial charge in [0.2, 0.25) is 0 Å². The number of aryl methyl sites for hydroxylation is 1. The van der Waals surface area contributed by atoms with E-state index < -0.39 is 0 Å². The zero-order valence-corrected chi connectivity index (χ0v) is 7.67. The maximum Gasteiger partial charge on any atom is 0.153 e. The summed E-state index contributed by atoms with van der Waals surface area (Å²) in [7, 11) is 0. The Morgan fingerprint density at radius 1 is 1.58 bits per heavy atom. The van der Waals surface area contributed by atoms with Gasteiger partial charge in [0.25, 0.3) is 0 Å². The van der Waals surface area contributed by atoms with Crippen LogP contribution in [0.25, 0.3) is 0 Å². The molecule has 0 amide bonds. The molecule has 0 aromatic carbocycles. The van der Waals surface area contributed by atoms with Gasteiger partial charge in [0, 0.05) is 5.92 Å². The Bertz CT molecular complexity index is 231. The second kappa shape index (κ2) is 4.21. The molecule has 68 valence electrons. The van der Waals surface area contributed by atoms with Crippen LogP contribution in [0.4, 0.5) is 0 Å². The van der Waals surface area contributed by atoms with Crippen molar-refractivity contribution in [1.29, 1.82) is 0 Å². The average molecular weight is 168 g/mol. The molecule has 1 aromatic rings. The summed E-state index contributed by atoms with van der Waals surface area (Å²) in [6, 6.07) is 0.